The van der Waals surface area contributed by atoms with Crippen LogP contribution in [-0.4, -0.2) is 51.4 Å². The van der Waals surface area contributed by atoms with Crippen molar-refractivity contribution < 1.29 is 27.1 Å². The average molecular weight is 528 g/mol. The molecule has 37 heavy (non-hydrogen) atoms. The number of nitrogens with zero attached hydrogens (tertiary/aromatic N) is 2. The van der Waals surface area contributed by atoms with Crippen LogP contribution < -0.4 is 14.4 Å². The molecule has 0 aliphatic heterocycles. The summed E-state index contributed by atoms with van der Waals surface area (Å²) in [4.78, 5) is 27.6. The van der Waals surface area contributed by atoms with E-state index in [0.717, 1.165) is 10.4 Å². The molecule has 3 aromatic rings. The Hall–Kier alpha value is -3.92. The van der Waals surface area contributed by atoms with Gasteiger partial charge in [-0.2, -0.15) is 0 Å². The monoisotopic (exact) mass is 527 g/mol. The van der Waals surface area contributed by atoms with E-state index in [1.165, 1.54) is 42.3 Å². The highest BCUT2D eigenvalue weighted by molar-refractivity contribution is 7.92. The van der Waals surface area contributed by atoms with E-state index < -0.39 is 40.2 Å². The number of benzene rings is 3. The van der Waals surface area contributed by atoms with Crippen LogP contribution in [0.15, 0.2) is 83.8 Å². The Morgan fingerprint density at radius 3 is 2.32 bits per heavy atom. The maximum Gasteiger partial charge on any atom is 0.264 e. The molecular weight excluding hydrogens is 497 g/mol. The Labute approximate surface area is 216 Å². The van der Waals surface area contributed by atoms with Crippen LogP contribution in [-0.2, 0) is 26.2 Å². The SMILES string of the molecule is CCNC(=O)C(C)N(Cc1cccc(OC)c1)C(=O)CN(c1ccccc1F)S(=O)(=O)c1ccccc1. The first kappa shape index (κ1) is 27.7. The fraction of sp³-hybridized carbons (Fsp3) is 0.259. The second-order valence-electron chi connectivity index (χ2n) is 8.22. The van der Waals surface area contributed by atoms with Crippen molar-refractivity contribution in [3.63, 3.8) is 0 Å². The summed E-state index contributed by atoms with van der Waals surface area (Å²) in [5.41, 5.74) is 0.402. The van der Waals surface area contributed by atoms with Crippen LogP contribution in [0.5, 0.6) is 5.75 Å². The van der Waals surface area contributed by atoms with Crippen LogP contribution in [0.1, 0.15) is 19.4 Å². The van der Waals surface area contributed by atoms with Crippen LogP contribution in [0, 0.1) is 5.82 Å². The number of para-hydroxylation sites is 1. The van der Waals surface area contributed by atoms with Gasteiger partial charge in [0.25, 0.3) is 10.0 Å². The third-order valence-corrected chi connectivity index (χ3v) is 7.51. The van der Waals surface area contributed by atoms with Crippen LogP contribution in [0.2, 0.25) is 0 Å². The molecule has 0 bridgehead atoms. The molecule has 2 amide bonds. The van der Waals surface area contributed by atoms with Gasteiger partial charge in [0.05, 0.1) is 17.7 Å². The van der Waals surface area contributed by atoms with E-state index in [9.17, 15) is 22.4 Å². The highest BCUT2D eigenvalue weighted by Crippen LogP contribution is 2.27. The summed E-state index contributed by atoms with van der Waals surface area (Å²) < 4.78 is 48.0. The molecule has 1 unspecified atom stereocenters. The first-order valence-corrected chi connectivity index (χ1v) is 13.2. The number of sulfonamides is 1. The molecule has 1 N–H and O–H groups in total. The number of hydrogen-bond acceptors (Lipinski definition) is 5. The number of carbonyl (C=O) groups is 2. The second kappa shape index (κ2) is 12.4. The smallest absolute Gasteiger partial charge is 0.264 e. The number of amides is 2. The maximum absolute atomic E-state index is 14.8. The molecule has 10 heteroatoms. The molecule has 3 rings (SSSR count). The average Bonchev–Trinajstić information content (AvgIpc) is 2.91. The van der Waals surface area contributed by atoms with Crippen LogP contribution >= 0.6 is 0 Å². The van der Waals surface area contributed by atoms with E-state index >= 15 is 0 Å². The predicted molar refractivity (Wildman–Crippen MR) is 139 cm³/mol. The summed E-state index contributed by atoms with van der Waals surface area (Å²) in [6.45, 7) is 2.96. The van der Waals surface area contributed by atoms with E-state index in [1.807, 2.05) is 0 Å². The summed E-state index contributed by atoms with van der Waals surface area (Å²) in [5.74, 6) is -1.31. The first-order chi connectivity index (χ1) is 17.7. The molecule has 1 atom stereocenters. The molecule has 3 aromatic carbocycles. The van der Waals surface area contributed by atoms with Gasteiger partial charge < -0.3 is 15.0 Å². The zero-order chi connectivity index (χ0) is 27.0. The Balaban J connectivity index is 2.03. The summed E-state index contributed by atoms with van der Waals surface area (Å²) in [6, 6.07) is 18.9. The normalized spacial score (nSPS) is 11.9. The zero-order valence-electron chi connectivity index (χ0n) is 20.9. The number of likely N-dealkylation sites (N-methyl/N-ethyl adjacent to an activating group) is 1. The van der Waals surface area contributed by atoms with Crippen molar-refractivity contribution in [3.8, 4) is 5.75 Å². The lowest BCUT2D eigenvalue weighted by atomic mass is 10.1. The van der Waals surface area contributed by atoms with Crippen molar-refractivity contribution in [1.29, 1.82) is 0 Å². The molecule has 0 aromatic heterocycles. The van der Waals surface area contributed by atoms with Crippen molar-refractivity contribution in [1.82, 2.24) is 10.2 Å². The number of carbonyl (C=O) groups excluding carboxylic acids is 2. The predicted octanol–water partition coefficient (Wildman–Crippen LogP) is 3.58. The number of ether oxygens (including phenoxy) is 1. The van der Waals surface area contributed by atoms with Crippen molar-refractivity contribution in [2.24, 2.45) is 0 Å². The Kier molecular flexibility index (Phi) is 9.24. The van der Waals surface area contributed by atoms with E-state index in [2.05, 4.69) is 5.32 Å². The molecule has 0 spiro atoms. The van der Waals surface area contributed by atoms with E-state index in [0.29, 0.717) is 17.9 Å². The largest absolute Gasteiger partial charge is 0.497 e. The topological polar surface area (TPSA) is 96.0 Å². The fourth-order valence-corrected chi connectivity index (χ4v) is 5.20. The third kappa shape index (κ3) is 6.65. The Morgan fingerprint density at radius 2 is 1.68 bits per heavy atom. The van der Waals surface area contributed by atoms with Gasteiger partial charge in [0.1, 0.15) is 24.2 Å². The van der Waals surface area contributed by atoms with Gasteiger partial charge in [-0.25, -0.2) is 12.8 Å². The van der Waals surface area contributed by atoms with Gasteiger partial charge in [0.15, 0.2) is 0 Å². The van der Waals surface area contributed by atoms with Gasteiger partial charge in [0.2, 0.25) is 11.8 Å². The minimum atomic E-state index is -4.32. The maximum atomic E-state index is 14.8. The van der Waals surface area contributed by atoms with Crippen molar-refractivity contribution in [3.05, 3.63) is 90.2 Å². The van der Waals surface area contributed by atoms with Gasteiger partial charge >= 0.3 is 0 Å². The summed E-state index contributed by atoms with van der Waals surface area (Å²) >= 11 is 0. The number of methoxy groups -OCH3 is 1. The standard InChI is InChI=1S/C27H30FN3O5S/c1-4-29-27(33)20(2)30(18-21-11-10-12-22(17-21)36-3)26(32)19-31(25-16-9-8-15-24(25)28)37(34,35)23-13-6-5-7-14-23/h5-17,20H,4,18-19H2,1-3H3,(H,29,33). The van der Waals surface area contributed by atoms with Crippen LogP contribution in [0.25, 0.3) is 0 Å². The van der Waals surface area contributed by atoms with Crippen molar-refractivity contribution >= 4 is 27.5 Å². The minimum absolute atomic E-state index is 0.00479. The lowest BCUT2D eigenvalue weighted by Crippen LogP contribution is -2.51. The molecule has 0 saturated heterocycles. The summed E-state index contributed by atoms with van der Waals surface area (Å²) in [5, 5.41) is 2.69. The molecule has 0 fully saturated rings. The molecule has 8 nitrogen and oxygen atoms in total. The third-order valence-electron chi connectivity index (χ3n) is 5.74. The number of rotatable bonds is 11. The lowest BCUT2D eigenvalue weighted by molar-refractivity contribution is -0.139. The molecule has 196 valence electrons. The minimum Gasteiger partial charge on any atom is -0.497 e. The number of anilines is 1. The molecule has 0 aliphatic rings. The van der Waals surface area contributed by atoms with Gasteiger partial charge in [-0.15, -0.1) is 0 Å². The molecule has 0 aliphatic carbocycles. The van der Waals surface area contributed by atoms with Crippen molar-refractivity contribution in [2.45, 2.75) is 31.3 Å². The molecular formula is C27H30FN3O5S. The molecule has 0 radical (unpaired) electrons. The van der Waals surface area contributed by atoms with Gasteiger partial charge in [-0.1, -0.05) is 42.5 Å². The van der Waals surface area contributed by atoms with E-state index in [1.54, 1.807) is 56.3 Å². The first-order valence-electron chi connectivity index (χ1n) is 11.7. The Morgan fingerprint density at radius 1 is 1.00 bits per heavy atom. The van der Waals surface area contributed by atoms with E-state index in [-0.39, 0.29) is 17.1 Å². The number of nitrogens with one attached hydrogen (secondary N) is 1. The quantitative estimate of drug-likeness (QED) is 0.411. The van der Waals surface area contributed by atoms with Crippen LogP contribution in [0.3, 0.4) is 0 Å². The number of halogens is 1. The highest BCUT2D eigenvalue weighted by atomic mass is 32.2. The van der Waals surface area contributed by atoms with Crippen molar-refractivity contribution in [2.75, 3.05) is 24.5 Å². The summed E-state index contributed by atoms with van der Waals surface area (Å²) in [7, 11) is -2.81. The lowest BCUT2D eigenvalue weighted by Gasteiger charge is -2.32. The molecule has 0 heterocycles. The molecule has 0 saturated carbocycles. The zero-order valence-corrected chi connectivity index (χ0v) is 21.7. The van der Waals surface area contributed by atoms with Gasteiger partial charge in [-0.3, -0.25) is 13.9 Å². The van der Waals surface area contributed by atoms with E-state index in [4.69, 9.17) is 4.74 Å². The second-order valence-corrected chi connectivity index (χ2v) is 10.1. The summed E-state index contributed by atoms with van der Waals surface area (Å²) in [6.07, 6.45) is 0. The fourth-order valence-electron chi connectivity index (χ4n) is 3.76. The highest BCUT2D eigenvalue weighted by Gasteiger charge is 2.33. The van der Waals surface area contributed by atoms with Gasteiger partial charge in [0, 0.05) is 13.1 Å². The van der Waals surface area contributed by atoms with Gasteiger partial charge in [-0.05, 0) is 55.8 Å². The number of hydrogen-bond donors (Lipinski definition) is 1. The van der Waals surface area contributed by atoms with Crippen LogP contribution in [0.4, 0.5) is 10.1 Å². The Bertz CT molecular complexity index is 1330.